The number of nitro benzene ring substituents is 1. The summed E-state index contributed by atoms with van der Waals surface area (Å²) in [6, 6.07) is 14.3. The van der Waals surface area contributed by atoms with E-state index in [2.05, 4.69) is 4.99 Å². The molecule has 0 spiro atoms. The topological polar surface area (TPSA) is 117 Å². The number of aromatic nitrogens is 1. The third-order valence-corrected chi connectivity index (χ3v) is 7.56. The molecule has 3 heterocycles. The van der Waals surface area contributed by atoms with Crippen molar-refractivity contribution in [2.45, 2.75) is 26.8 Å². The van der Waals surface area contributed by atoms with Crippen molar-refractivity contribution in [2.24, 2.45) is 4.99 Å². The first kappa shape index (κ1) is 26.3. The quantitative estimate of drug-likeness (QED) is 0.186. The summed E-state index contributed by atoms with van der Waals surface area (Å²) in [5.41, 5.74) is 1.85. The number of ether oxygens (including phenoxy) is 1. The SMILES string of the molecule is CCOC(=O)C1=C(C)N=c2s/c(=C\c3ccc(-c4ccc(C)cc4[N+](=O)[O-])o3)c(=O)n2[C@@H]1c1ccccc1Cl. The second-order valence-corrected chi connectivity index (χ2v) is 10.2. The first-order valence-electron chi connectivity index (χ1n) is 12.0. The van der Waals surface area contributed by atoms with Crippen LogP contribution < -0.4 is 14.9 Å². The average molecular weight is 564 g/mol. The van der Waals surface area contributed by atoms with Gasteiger partial charge in [0.05, 0.1) is 32.9 Å². The third-order valence-electron chi connectivity index (χ3n) is 6.23. The number of benzene rings is 2. The van der Waals surface area contributed by atoms with Gasteiger partial charge in [-0.3, -0.25) is 19.5 Å². The summed E-state index contributed by atoms with van der Waals surface area (Å²) in [6.07, 6.45) is 1.56. The number of hydrogen-bond acceptors (Lipinski definition) is 8. The first-order valence-corrected chi connectivity index (χ1v) is 13.2. The van der Waals surface area contributed by atoms with Crippen molar-refractivity contribution in [3.05, 3.63) is 118 Å². The van der Waals surface area contributed by atoms with E-state index in [0.717, 1.165) is 16.9 Å². The van der Waals surface area contributed by atoms with Gasteiger partial charge in [0.2, 0.25) is 0 Å². The molecule has 1 aliphatic heterocycles. The summed E-state index contributed by atoms with van der Waals surface area (Å²) in [7, 11) is 0. The van der Waals surface area contributed by atoms with Crippen molar-refractivity contribution in [3.8, 4) is 11.3 Å². The summed E-state index contributed by atoms with van der Waals surface area (Å²) in [5.74, 6) is 0.0594. The zero-order valence-corrected chi connectivity index (χ0v) is 22.7. The maximum atomic E-state index is 13.7. The molecule has 5 rings (SSSR count). The van der Waals surface area contributed by atoms with Gasteiger partial charge in [-0.15, -0.1) is 0 Å². The summed E-state index contributed by atoms with van der Waals surface area (Å²) < 4.78 is 12.9. The van der Waals surface area contributed by atoms with Gasteiger partial charge in [0.15, 0.2) is 4.80 Å². The van der Waals surface area contributed by atoms with E-state index in [0.29, 0.717) is 42.7 Å². The van der Waals surface area contributed by atoms with Crippen LogP contribution in [0.15, 0.2) is 80.1 Å². The molecule has 0 bridgehead atoms. The maximum Gasteiger partial charge on any atom is 0.338 e. The van der Waals surface area contributed by atoms with Crippen LogP contribution in [0.4, 0.5) is 5.69 Å². The van der Waals surface area contributed by atoms with Gasteiger partial charge in [0.25, 0.3) is 11.2 Å². The van der Waals surface area contributed by atoms with Gasteiger partial charge in [-0.1, -0.05) is 47.2 Å². The van der Waals surface area contributed by atoms with Crippen LogP contribution in [0.25, 0.3) is 17.4 Å². The Morgan fingerprint density at radius 2 is 2.00 bits per heavy atom. The van der Waals surface area contributed by atoms with Gasteiger partial charge in [0, 0.05) is 17.2 Å². The Morgan fingerprint density at radius 3 is 2.72 bits per heavy atom. The van der Waals surface area contributed by atoms with Crippen molar-refractivity contribution in [2.75, 3.05) is 6.61 Å². The number of nitro groups is 1. The molecule has 0 saturated carbocycles. The molecule has 1 aliphatic rings. The van der Waals surface area contributed by atoms with Gasteiger partial charge in [-0.05, 0) is 56.2 Å². The molecule has 4 aromatic rings. The highest BCUT2D eigenvalue weighted by molar-refractivity contribution is 7.07. The van der Waals surface area contributed by atoms with Crippen molar-refractivity contribution >= 4 is 40.7 Å². The molecule has 1 atom stereocenters. The van der Waals surface area contributed by atoms with E-state index in [1.807, 2.05) is 0 Å². The molecule has 0 N–H and O–H groups in total. The van der Waals surface area contributed by atoms with Crippen LogP contribution in [0.3, 0.4) is 0 Å². The molecule has 9 nitrogen and oxygen atoms in total. The number of furan rings is 1. The van der Waals surface area contributed by atoms with E-state index >= 15 is 0 Å². The molecule has 0 unspecified atom stereocenters. The largest absolute Gasteiger partial charge is 0.463 e. The van der Waals surface area contributed by atoms with E-state index in [1.165, 1.54) is 10.6 Å². The highest BCUT2D eigenvalue weighted by atomic mass is 35.5. The second kappa shape index (κ2) is 10.5. The number of carbonyl (C=O) groups excluding carboxylic acids is 1. The van der Waals surface area contributed by atoms with Crippen LogP contribution in [0, 0.1) is 17.0 Å². The van der Waals surface area contributed by atoms with Crippen molar-refractivity contribution < 1.29 is 18.9 Å². The molecule has 2 aromatic heterocycles. The lowest BCUT2D eigenvalue weighted by Crippen LogP contribution is -2.40. The number of hydrogen-bond donors (Lipinski definition) is 0. The Bertz CT molecular complexity index is 1850. The Hall–Kier alpha value is -4.28. The molecule has 0 saturated heterocycles. The lowest BCUT2D eigenvalue weighted by Gasteiger charge is -2.25. The fraction of sp³-hybridized carbons (Fsp3) is 0.179. The van der Waals surface area contributed by atoms with E-state index in [1.54, 1.807) is 75.4 Å². The fourth-order valence-corrected chi connectivity index (χ4v) is 5.75. The molecule has 2 aromatic carbocycles. The van der Waals surface area contributed by atoms with Crippen LogP contribution in [0.1, 0.15) is 36.8 Å². The minimum absolute atomic E-state index is 0.0722. The normalized spacial score (nSPS) is 15.2. The molecule has 0 fully saturated rings. The van der Waals surface area contributed by atoms with Crippen LogP contribution in [0.5, 0.6) is 0 Å². The highest BCUT2D eigenvalue weighted by Gasteiger charge is 2.34. The Labute approximate surface area is 231 Å². The van der Waals surface area contributed by atoms with Crippen molar-refractivity contribution in [1.29, 1.82) is 0 Å². The van der Waals surface area contributed by atoms with E-state index in [4.69, 9.17) is 20.8 Å². The second-order valence-electron chi connectivity index (χ2n) is 8.80. The molecule has 39 heavy (non-hydrogen) atoms. The molecule has 11 heteroatoms. The summed E-state index contributed by atoms with van der Waals surface area (Å²) >= 11 is 7.66. The van der Waals surface area contributed by atoms with E-state index < -0.39 is 22.5 Å². The number of aryl methyl sites for hydroxylation is 1. The fourth-order valence-electron chi connectivity index (χ4n) is 4.49. The Morgan fingerprint density at radius 1 is 1.23 bits per heavy atom. The number of allylic oxidation sites excluding steroid dienone is 1. The summed E-state index contributed by atoms with van der Waals surface area (Å²) in [6.45, 7) is 5.33. The lowest BCUT2D eigenvalue weighted by atomic mass is 9.96. The zero-order chi connectivity index (χ0) is 27.8. The van der Waals surface area contributed by atoms with Gasteiger partial charge in [-0.25, -0.2) is 9.79 Å². The monoisotopic (exact) mass is 563 g/mol. The number of esters is 1. The highest BCUT2D eigenvalue weighted by Crippen LogP contribution is 2.35. The van der Waals surface area contributed by atoms with Crippen molar-refractivity contribution in [1.82, 2.24) is 4.57 Å². The van der Waals surface area contributed by atoms with E-state index in [-0.39, 0.29) is 17.9 Å². The van der Waals surface area contributed by atoms with Gasteiger partial charge in [-0.2, -0.15) is 0 Å². The molecule has 0 radical (unpaired) electrons. The lowest BCUT2D eigenvalue weighted by molar-refractivity contribution is -0.384. The number of carbonyl (C=O) groups is 1. The summed E-state index contributed by atoms with van der Waals surface area (Å²) in [5, 5.41) is 12.0. The minimum atomic E-state index is -0.835. The molecule has 198 valence electrons. The van der Waals surface area contributed by atoms with Crippen LogP contribution in [-0.2, 0) is 9.53 Å². The molecular weight excluding hydrogens is 542 g/mol. The van der Waals surface area contributed by atoms with Gasteiger partial charge < -0.3 is 9.15 Å². The predicted molar refractivity (Wildman–Crippen MR) is 147 cm³/mol. The van der Waals surface area contributed by atoms with Crippen LogP contribution >= 0.6 is 22.9 Å². The van der Waals surface area contributed by atoms with E-state index in [9.17, 15) is 19.7 Å². The Balaban J connectivity index is 1.65. The first-order chi connectivity index (χ1) is 18.7. The van der Waals surface area contributed by atoms with Gasteiger partial charge in [0.1, 0.15) is 17.6 Å². The molecule has 0 amide bonds. The van der Waals surface area contributed by atoms with Crippen LogP contribution in [-0.4, -0.2) is 22.1 Å². The zero-order valence-electron chi connectivity index (χ0n) is 21.1. The number of fused-ring (bicyclic) bond motifs is 1. The third kappa shape index (κ3) is 4.84. The molecular formula is C28H22ClN3O6S. The Kier molecular flexibility index (Phi) is 7.07. The van der Waals surface area contributed by atoms with Crippen LogP contribution in [0.2, 0.25) is 5.02 Å². The smallest absolute Gasteiger partial charge is 0.338 e. The minimum Gasteiger partial charge on any atom is -0.463 e. The molecule has 0 aliphatic carbocycles. The number of rotatable bonds is 6. The standard InChI is InChI=1S/C28H22ClN3O6S/c1-4-37-27(34)24-16(3)30-28-31(25(24)18-7-5-6-8-20(18)29)26(33)23(39-28)14-17-10-12-22(38-17)19-11-9-15(2)13-21(19)32(35)36/h5-14,25H,4H2,1-3H3/b23-14-/t25-/m1/s1. The van der Waals surface area contributed by atoms with Crippen molar-refractivity contribution in [3.63, 3.8) is 0 Å². The number of halogens is 1. The predicted octanol–water partition coefficient (Wildman–Crippen LogP) is 4.93. The number of thiazole rings is 1. The number of nitrogens with zero attached hydrogens (tertiary/aromatic N) is 3. The average Bonchev–Trinajstić information content (AvgIpc) is 3.48. The van der Waals surface area contributed by atoms with Gasteiger partial charge >= 0.3 is 5.97 Å². The maximum absolute atomic E-state index is 13.7. The summed E-state index contributed by atoms with van der Waals surface area (Å²) in [4.78, 5) is 42.8.